The van der Waals surface area contributed by atoms with Crippen LogP contribution in [-0.4, -0.2) is 72.2 Å². The molecule has 2 aliphatic heterocycles. The number of rotatable bonds is 9. The first-order valence-electron chi connectivity index (χ1n) is 13.2. The van der Waals surface area contributed by atoms with Gasteiger partial charge in [0, 0.05) is 35.8 Å². The molecule has 9 nitrogen and oxygen atoms in total. The lowest BCUT2D eigenvalue weighted by molar-refractivity contribution is -0.112. The van der Waals surface area contributed by atoms with Crippen LogP contribution in [0, 0.1) is 0 Å². The first-order valence-corrected chi connectivity index (χ1v) is 14.1. The summed E-state index contributed by atoms with van der Waals surface area (Å²) in [4.78, 5) is 41.6. The van der Waals surface area contributed by atoms with E-state index in [1.807, 2.05) is 60.7 Å². The van der Waals surface area contributed by atoms with Gasteiger partial charge in [-0.3, -0.25) is 4.79 Å². The summed E-state index contributed by atoms with van der Waals surface area (Å²) in [7, 11) is 0. The van der Waals surface area contributed by atoms with Crippen molar-refractivity contribution in [3.63, 3.8) is 0 Å². The van der Waals surface area contributed by atoms with E-state index in [1.165, 1.54) is 0 Å². The number of carboxylic acid groups (broad SMARTS) is 1. The van der Waals surface area contributed by atoms with Crippen LogP contribution in [0.3, 0.4) is 0 Å². The molecule has 0 aliphatic carbocycles. The number of hydrogen-bond acceptors (Lipinski definition) is 6. The molecule has 1 saturated heterocycles. The molecule has 2 N–H and O–H groups in total. The molecule has 2 aliphatic rings. The number of amides is 3. The van der Waals surface area contributed by atoms with Crippen LogP contribution in [0.2, 0.25) is 0 Å². The van der Waals surface area contributed by atoms with Crippen LogP contribution in [-0.2, 0) is 22.4 Å². The molecular weight excluding hydrogens is 528 g/mol. The highest BCUT2D eigenvalue weighted by Crippen LogP contribution is 2.33. The van der Waals surface area contributed by atoms with Crippen LogP contribution in [0.4, 0.5) is 10.5 Å². The molecule has 1 fully saturated rings. The molecule has 3 amide bonds. The van der Waals surface area contributed by atoms with Crippen molar-refractivity contribution in [3.8, 4) is 0 Å². The lowest BCUT2D eigenvalue weighted by atomic mass is 10.1. The van der Waals surface area contributed by atoms with Gasteiger partial charge < -0.3 is 19.6 Å². The minimum absolute atomic E-state index is 0.219. The van der Waals surface area contributed by atoms with E-state index >= 15 is 0 Å². The summed E-state index contributed by atoms with van der Waals surface area (Å²) >= 11 is 1.64. The SMILES string of the molecule is O=C(O)c1ccc(CCSc2ccc3c(c2)C(=NNC(=O)N2CCOCC2)C(=O)N3CCc2ccccc2)cc1. The van der Waals surface area contributed by atoms with Crippen molar-refractivity contribution in [2.75, 3.05) is 43.5 Å². The third-order valence-corrected chi connectivity index (χ3v) is 7.85. The van der Waals surface area contributed by atoms with Crippen LogP contribution in [0.15, 0.2) is 82.8 Å². The van der Waals surface area contributed by atoms with Crippen molar-refractivity contribution in [3.05, 3.63) is 95.1 Å². The van der Waals surface area contributed by atoms with Gasteiger partial charge in [-0.1, -0.05) is 42.5 Å². The molecule has 0 aromatic heterocycles. The number of urea groups is 1. The van der Waals surface area contributed by atoms with Gasteiger partial charge in [-0.25, -0.2) is 15.0 Å². The summed E-state index contributed by atoms with van der Waals surface area (Å²) in [5, 5.41) is 13.4. The Morgan fingerprint density at radius 1 is 0.950 bits per heavy atom. The fourth-order valence-corrected chi connectivity index (χ4v) is 5.58. The van der Waals surface area contributed by atoms with Crippen LogP contribution >= 0.6 is 11.8 Å². The Kier molecular flexibility index (Phi) is 8.78. The number of aryl methyl sites for hydroxylation is 1. The normalized spacial score (nSPS) is 15.8. The zero-order valence-corrected chi connectivity index (χ0v) is 22.7. The number of hydrogen-bond donors (Lipinski definition) is 2. The van der Waals surface area contributed by atoms with Gasteiger partial charge in [0.1, 0.15) is 0 Å². The Bertz CT molecular complexity index is 1410. The number of morpholine rings is 1. The van der Waals surface area contributed by atoms with Gasteiger partial charge in [0.2, 0.25) is 0 Å². The van der Waals surface area contributed by atoms with Crippen LogP contribution in [0.25, 0.3) is 0 Å². The summed E-state index contributed by atoms with van der Waals surface area (Å²) in [5.74, 6) is -0.407. The Labute approximate surface area is 236 Å². The highest BCUT2D eigenvalue weighted by molar-refractivity contribution is 7.99. The highest BCUT2D eigenvalue weighted by Gasteiger charge is 2.34. The minimum Gasteiger partial charge on any atom is -0.478 e. The number of carboxylic acids is 1. The van der Waals surface area contributed by atoms with Gasteiger partial charge in [0.15, 0.2) is 5.71 Å². The van der Waals surface area contributed by atoms with Crippen molar-refractivity contribution in [1.82, 2.24) is 10.3 Å². The van der Waals surface area contributed by atoms with Gasteiger partial charge >= 0.3 is 12.0 Å². The number of carbonyl (C=O) groups is 3. The number of carbonyl (C=O) groups excluding carboxylic acids is 2. The number of hydrazone groups is 1. The number of ether oxygens (including phenoxy) is 1. The molecule has 0 spiro atoms. The number of nitrogens with one attached hydrogen (secondary N) is 1. The van der Waals surface area contributed by atoms with E-state index in [-0.39, 0.29) is 23.2 Å². The van der Waals surface area contributed by atoms with Crippen molar-refractivity contribution in [2.45, 2.75) is 17.7 Å². The number of benzene rings is 3. The smallest absolute Gasteiger partial charge is 0.337 e. The molecule has 206 valence electrons. The van der Waals surface area contributed by atoms with Crippen LogP contribution < -0.4 is 10.3 Å². The van der Waals surface area contributed by atoms with Gasteiger partial charge in [-0.2, -0.15) is 5.10 Å². The fourth-order valence-electron chi connectivity index (χ4n) is 4.64. The second-order valence-electron chi connectivity index (χ2n) is 9.45. The van der Waals surface area contributed by atoms with Crippen molar-refractivity contribution in [1.29, 1.82) is 0 Å². The standard InChI is InChI=1S/C30H30N4O5S/c35-28-27(31-32-30(38)33-15-17-39-18-16-33)25-20-24(40-19-13-22-6-8-23(9-7-22)29(36)37)10-11-26(25)34(28)14-12-21-4-2-1-3-5-21/h1-11,20H,12-19H2,(H,32,38)(H,36,37). The summed E-state index contributed by atoms with van der Waals surface area (Å²) in [6, 6.07) is 22.4. The summed E-state index contributed by atoms with van der Waals surface area (Å²) in [6.07, 6.45) is 1.46. The average Bonchev–Trinajstić information content (AvgIpc) is 3.25. The molecule has 5 rings (SSSR count). The molecule has 10 heteroatoms. The minimum atomic E-state index is -0.940. The highest BCUT2D eigenvalue weighted by atomic mass is 32.2. The Hall–Kier alpha value is -4.15. The maximum absolute atomic E-state index is 13.5. The van der Waals surface area contributed by atoms with Gasteiger partial charge in [-0.15, -0.1) is 11.8 Å². The molecule has 40 heavy (non-hydrogen) atoms. The van der Waals surface area contributed by atoms with Crippen molar-refractivity contribution in [2.24, 2.45) is 5.10 Å². The molecule has 0 saturated carbocycles. The number of thioether (sulfide) groups is 1. The van der Waals surface area contributed by atoms with E-state index in [9.17, 15) is 14.4 Å². The Morgan fingerprint density at radius 3 is 2.40 bits per heavy atom. The molecule has 0 atom stereocenters. The molecule has 0 bridgehead atoms. The van der Waals surface area contributed by atoms with E-state index in [0.29, 0.717) is 44.8 Å². The van der Waals surface area contributed by atoms with Crippen LogP contribution in [0.5, 0.6) is 0 Å². The summed E-state index contributed by atoms with van der Waals surface area (Å²) in [5.41, 5.74) is 6.71. The predicted molar refractivity (Wildman–Crippen MR) is 154 cm³/mol. The third-order valence-electron chi connectivity index (χ3n) is 6.85. The second kappa shape index (κ2) is 12.8. The largest absolute Gasteiger partial charge is 0.478 e. The summed E-state index contributed by atoms with van der Waals surface area (Å²) in [6.45, 7) is 2.40. The number of aromatic carboxylic acids is 1. The first-order chi connectivity index (χ1) is 19.5. The number of fused-ring (bicyclic) bond motifs is 1. The monoisotopic (exact) mass is 558 g/mol. The van der Waals surface area contributed by atoms with E-state index < -0.39 is 5.97 Å². The maximum Gasteiger partial charge on any atom is 0.337 e. The Morgan fingerprint density at radius 2 is 1.68 bits per heavy atom. The lowest BCUT2D eigenvalue weighted by Gasteiger charge is -2.25. The Balaban J connectivity index is 1.31. The quantitative estimate of drug-likeness (QED) is 0.303. The van der Waals surface area contributed by atoms with E-state index in [4.69, 9.17) is 9.84 Å². The van der Waals surface area contributed by atoms with Gasteiger partial charge in [-0.05, 0) is 54.3 Å². The molecule has 0 unspecified atom stereocenters. The number of anilines is 1. The van der Waals surface area contributed by atoms with Crippen LogP contribution in [0.1, 0.15) is 27.0 Å². The van der Waals surface area contributed by atoms with E-state index in [1.54, 1.807) is 33.7 Å². The van der Waals surface area contributed by atoms with Gasteiger partial charge in [0.25, 0.3) is 5.91 Å². The zero-order chi connectivity index (χ0) is 27.9. The second-order valence-corrected chi connectivity index (χ2v) is 10.6. The maximum atomic E-state index is 13.5. The average molecular weight is 559 g/mol. The summed E-state index contributed by atoms with van der Waals surface area (Å²) < 4.78 is 5.31. The molecule has 3 aromatic rings. The molecule has 3 aromatic carbocycles. The molecule has 0 radical (unpaired) electrons. The topological polar surface area (TPSA) is 112 Å². The zero-order valence-electron chi connectivity index (χ0n) is 21.9. The lowest BCUT2D eigenvalue weighted by Crippen LogP contribution is -2.45. The number of nitrogens with zero attached hydrogens (tertiary/aromatic N) is 3. The van der Waals surface area contributed by atoms with Crippen molar-refractivity contribution < 1.29 is 24.2 Å². The van der Waals surface area contributed by atoms with E-state index in [0.717, 1.165) is 33.9 Å². The van der Waals surface area contributed by atoms with Crippen molar-refractivity contribution >= 4 is 41.1 Å². The van der Waals surface area contributed by atoms with E-state index in [2.05, 4.69) is 10.5 Å². The fraction of sp³-hybridized carbons (Fsp3) is 0.267. The third kappa shape index (κ3) is 6.52. The first kappa shape index (κ1) is 27.4. The predicted octanol–water partition coefficient (Wildman–Crippen LogP) is 4.05. The van der Waals surface area contributed by atoms with Gasteiger partial charge in [0.05, 0.1) is 24.5 Å². The molecular formula is C30H30N4O5S. The molecule has 2 heterocycles.